The van der Waals surface area contributed by atoms with Crippen LogP contribution in [0.4, 0.5) is 10.1 Å². The topological polar surface area (TPSA) is 60.2 Å². The summed E-state index contributed by atoms with van der Waals surface area (Å²) in [7, 11) is -3.65. The summed E-state index contributed by atoms with van der Waals surface area (Å²) in [5.41, 5.74) is 5.92. The summed E-state index contributed by atoms with van der Waals surface area (Å²) in [5.74, 6) is -1.17. The summed E-state index contributed by atoms with van der Waals surface area (Å²) in [5, 5.41) is -0.0970. The van der Waals surface area contributed by atoms with E-state index in [2.05, 4.69) is 0 Å². The van der Waals surface area contributed by atoms with E-state index in [9.17, 15) is 12.8 Å². The highest BCUT2D eigenvalue weighted by atomic mass is 35.5. The average Bonchev–Trinajstić information content (AvgIpc) is 2.35. The predicted molar refractivity (Wildman–Crippen MR) is 73.2 cm³/mol. The number of rotatable bonds is 3. The molecule has 0 spiro atoms. The van der Waals surface area contributed by atoms with E-state index in [-0.39, 0.29) is 15.5 Å². The maximum Gasteiger partial charge on any atom is 0.182 e. The van der Waals surface area contributed by atoms with Gasteiger partial charge >= 0.3 is 0 Å². The van der Waals surface area contributed by atoms with E-state index < -0.39 is 21.4 Å². The first-order valence-corrected chi connectivity index (χ1v) is 7.44. The van der Waals surface area contributed by atoms with Gasteiger partial charge in [-0.05, 0) is 24.3 Å². The molecule has 6 heteroatoms. The van der Waals surface area contributed by atoms with E-state index >= 15 is 0 Å². The molecule has 2 aromatic rings. The Labute approximate surface area is 115 Å². The Morgan fingerprint density at radius 3 is 2.53 bits per heavy atom. The molecular weight excluding hydrogens is 289 g/mol. The van der Waals surface area contributed by atoms with Gasteiger partial charge in [0, 0.05) is 11.3 Å². The average molecular weight is 300 g/mol. The lowest BCUT2D eigenvalue weighted by molar-refractivity contribution is 0.587. The Morgan fingerprint density at radius 2 is 1.84 bits per heavy atom. The molecule has 0 aliphatic heterocycles. The van der Waals surface area contributed by atoms with Crippen molar-refractivity contribution < 1.29 is 12.8 Å². The van der Waals surface area contributed by atoms with Gasteiger partial charge in [-0.25, -0.2) is 12.8 Å². The molecule has 2 rings (SSSR count). The molecule has 0 unspecified atom stereocenters. The Hall–Kier alpha value is -1.59. The normalized spacial score (nSPS) is 11.5. The number of sulfone groups is 1. The molecule has 19 heavy (non-hydrogen) atoms. The van der Waals surface area contributed by atoms with E-state index in [1.54, 1.807) is 6.07 Å². The highest BCUT2D eigenvalue weighted by molar-refractivity contribution is 7.90. The van der Waals surface area contributed by atoms with Crippen LogP contribution in [-0.2, 0) is 15.6 Å². The highest BCUT2D eigenvalue weighted by Crippen LogP contribution is 2.23. The fraction of sp³-hybridized carbons (Fsp3) is 0.0769. The van der Waals surface area contributed by atoms with Crippen LogP contribution in [0.15, 0.2) is 47.4 Å². The molecular formula is C13H11ClFNO2S. The fourth-order valence-electron chi connectivity index (χ4n) is 1.66. The van der Waals surface area contributed by atoms with Gasteiger partial charge in [-0.2, -0.15) is 0 Å². The zero-order valence-corrected chi connectivity index (χ0v) is 11.4. The second-order valence-corrected chi connectivity index (χ2v) is 6.44. The molecule has 100 valence electrons. The minimum atomic E-state index is -3.65. The quantitative estimate of drug-likeness (QED) is 0.886. The van der Waals surface area contributed by atoms with Gasteiger partial charge in [-0.3, -0.25) is 0 Å². The third kappa shape index (κ3) is 3.05. The Bertz CT molecular complexity index is 716. The van der Waals surface area contributed by atoms with Crippen LogP contribution in [0.1, 0.15) is 5.56 Å². The molecule has 0 aromatic heterocycles. The zero-order valence-electron chi connectivity index (χ0n) is 9.81. The van der Waals surface area contributed by atoms with Crippen molar-refractivity contribution in [3.63, 3.8) is 0 Å². The van der Waals surface area contributed by atoms with E-state index in [0.717, 1.165) is 0 Å². The van der Waals surface area contributed by atoms with Crippen molar-refractivity contribution in [1.82, 2.24) is 0 Å². The van der Waals surface area contributed by atoms with Crippen molar-refractivity contribution in [1.29, 1.82) is 0 Å². The third-order valence-electron chi connectivity index (χ3n) is 2.59. The van der Waals surface area contributed by atoms with Crippen molar-refractivity contribution in [2.75, 3.05) is 5.73 Å². The monoisotopic (exact) mass is 299 g/mol. The summed E-state index contributed by atoms with van der Waals surface area (Å²) in [4.78, 5) is 0.0619. The molecule has 2 N–H and O–H groups in total. The van der Waals surface area contributed by atoms with Crippen LogP contribution in [0.5, 0.6) is 0 Å². The summed E-state index contributed by atoms with van der Waals surface area (Å²) < 4.78 is 38.0. The van der Waals surface area contributed by atoms with Crippen LogP contribution in [0.3, 0.4) is 0 Å². The molecule has 0 amide bonds. The summed E-state index contributed by atoms with van der Waals surface area (Å²) in [6.45, 7) is 0. The maximum atomic E-state index is 13.7. The van der Waals surface area contributed by atoms with Gasteiger partial charge in [0.1, 0.15) is 5.82 Å². The van der Waals surface area contributed by atoms with Gasteiger partial charge in [-0.1, -0.05) is 29.8 Å². The van der Waals surface area contributed by atoms with Gasteiger partial charge < -0.3 is 5.73 Å². The number of nitrogen functional groups attached to an aromatic ring is 1. The number of halogens is 2. The molecule has 0 saturated heterocycles. The first kappa shape index (κ1) is 13.8. The third-order valence-corrected chi connectivity index (χ3v) is 4.55. The van der Waals surface area contributed by atoms with E-state index in [1.165, 1.54) is 36.4 Å². The van der Waals surface area contributed by atoms with E-state index in [4.69, 9.17) is 17.3 Å². The SMILES string of the molecule is Nc1cccc(S(=O)(=O)Cc2cccc(Cl)c2F)c1. The standard InChI is InChI=1S/C13H11ClFNO2S/c14-12-6-1-3-9(13(12)15)8-19(17,18)11-5-2-4-10(16)7-11/h1-7H,8,16H2. The lowest BCUT2D eigenvalue weighted by Crippen LogP contribution is -2.07. The first-order chi connectivity index (χ1) is 8.90. The molecule has 0 aliphatic rings. The van der Waals surface area contributed by atoms with Crippen LogP contribution in [0.25, 0.3) is 0 Å². The van der Waals surface area contributed by atoms with Crippen LogP contribution in [-0.4, -0.2) is 8.42 Å². The fourth-order valence-corrected chi connectivity index (χ4v) is 3.25. The van der Waals surface area contributed by atoms with Gasteiger partial charge in [0.05, 0.1) is 15.7 Å². The highest BCUT2D eigenvalue weighted by Gasteiger charge is 2.18. The molecule has 0 fully saturated rings. The van der Waals surface area contributed by atoms with Crippen molar-refractivity contribution in [3.8, 4) is 0 Å². The zero-order chi connectivity index (χ0) is 14.0. The van der Waals surface area contributed by atoms with Crippen molar-refractivity contribution in [3.05, 3.63) is 58.9 Å². The van der Waals surface area contributed by atoms with Crippen LogP contribution in [0.2, 0.25) is 5.02 Å². The molecule has 3 nitrogen and oxygen atoms in total. The lowest BCUT2D eigenvalue weighted by Gasteiger charge is -2.07. The van der Waals surface area contributed by atoms with Gasteiger partial charge in [0.2, 0.25) is 0 Å². The number of anilines is 1. The van der Waals surface area contributed by atoms with Gasteiger partial charge in [-0.15, -0.1) is 0 Å². The van der Waals surface area contributed by atoms with Gasteiger partial charge in [0.15, 0.2) is 9.84 Å². The minimum Gasteiger partial charge on any atom is -0.399 e. The number of hydrogen-bond donors (Lipinski definition) is 1. The molecule has 0 saturated carbocycles. The molecule has 2 aromatic carbocycles. The summed E-state index contributed by atoms with van der Waals surface area (Å²) in [6.07, 6.45) is 0. The number of nitrogens with two attached hydrogens (primary N) is 1. The van der Waals surface area contributed by atoms with Gasteiger partial charge in [0.25, 0.3) is 0 Å². The smallest absolute Gasteiger partial charge is 0.182 e. The van der Waals surface area contributed by atoms with Crippen molar-refractivity contribution >= 4 is 27.1 Å². The maximum absolute atomic E-state index is 13.7. The number of benzene rings is 2. The molecule has 0 atom stereocenters. The van der Waals surface area contributed by atoms with Crippen molar-refractivity contribution in [2.45, 2.75) is 10.6 Å². The lowest BCUT2D eigenvalue weighted by atomic mass is 10.2. The Balaban J connectivity index is 2.39. The summed E-state index contributed by atoms with van der Waals surface area (Å²) in [6, 6.07) is 10.2. The van der Waals surface area contributed by atoms with E-state index in [1.807, 2.05) is 0 Å². The molecule has 0 aliphatic carbocycles. The molecule has 0 bridgehead atoms. The van der Waals surface area contributed by atoms with Crippen LogP contribution in [0, 0.1) is 5.82 Å². The van der Waals surface area contributed by atoms with E-state index in [0.29, 0.717) is 5.69 Å². The number of hydrogen-bond acceptors (Lipinski definition) is 3. The molecule has 0 heterocycles. The largest absolute Gasteiger partial charge is 0.399 e. The summed E-state index contributed by atoms with van der Waals surface area (Å²) >= 11 is 5.62. The molecule has 0 radical (unpaired) electrons. The second kappa shape index (κ2) is 5.19. The van der Waals surface area contributed by atoms with Crippen molar-refractivity contribution in [2.24, 2.45) is 0 Å². The Kier molecular flexibility index (Phi) is 3.78. The first-order valence-electron chi connectivity index (χ1n) is 5.41. The Morgan fingerprint density at radius 1 is 1.16 bits per heavy atom. The predicted octanol–water partition coefficient (Wildman–Crippen LogP) is 3.04. The second-order valence-electron chi connectivity index (χ2n) is 4.04. The minimum absolute atomic E-state index is 0.0370. The van der Waals surface area contributed by atoms with Crippen LogP contribution >= 0.6 is 11.6 Å². The van der Waals surface area contributed by atoms with Crippen LogP contribution < -0.4 is 5.73 Å².